The van der Waals surface area contributed by atoms with Gasteiger partial charge in [-0.05, 0) is 25.0 Å². The Morgan fingerprint density at radius 1 is 1.50 bits per heavy atom. The number of nitro benzene ring substituents is 1. The zero-order valence-electron chi connectivity index (χ0n) is 13.2. The minimum atomic E-state index is -0.539. The maximum Gasteiger partial charge on any atom is 0.343 e. The highest BCUT2D eigenvalue weighted by atomic mass is 32.2. The summed E-state index contributed by atoms with van der Waals surface area (Å²) in [5.74, 6) is -0.426. The molecule has 9 nitrogen and oxygen atoms in total. The molecule has 1 aromatic carbocycles. The van der Waals surface area contributed by atoms with Gasteiger partial charge in [0.1, 0.15) is 5.69 Å². The number of nitro groups is 1. The van der Waals surface area contributed by atoms with Crippen molar-refractivity contribution in [1.29, 1.82) is 0 Å². The van der Waals surface area contributed by atoms with Gasteiger partial charge < -0.3 is 5.32 Å². The summed E-state index contributed by atoms with van der Waals surface area (Å²) in [6.45, 7) is 4.17. The van der Waals surface area contributed by atoms with Crippen molar-refractivity contribution in [3.05, 3.63) is 44.4 Å². The molecular formula is C14H17N5O4S. The number of carbonyl (C=O) groups excluding carboxylic acids is 1. The lowest BCUT2D eigenvalue weighted by Crippen LogP contribution is -2.19. The maximum atomic E-state index is 12.0. The molecular weight excluding hydrogens is 334 g/mol. The van der Waals surface area contributed by atoms with E-state index in [1.807, 2.05) is 6.92 Å². The Labute approximate surface area is 141 Å². The number of rotatable bonds is 7. The molecule has 1 heterocycles. The van der Waals surface area contributed by atoms with Gasteiger partial charge in [-0.1, -0.05) is 24.8 Å². The van der Waals surface area contributed by atoms with E-state index in [2.05, 4.69) is 15.5 Å². The van der Waals surface area contributed by atoms with Gasteiger partial charge in [-0.2, -0.15) is 0 Å². The smallest absolute Gasteiger partial charge is 0.320 e. The third-order valence-corrected chi connectivity index (χ3v) is 4.10. The van der Waals surface area contributed by atoms with Crippen LogP contribution in [0.25, 0.3) is 0 Å². The van der Waals surface area contributed by atoms with Crippen LogP contribution in [0.3, 0.4) is 0 Å². The Bertz CT molecular complexity index is 814. The first-order valence-electron chi connectivity index (χ1n) is 7.25. The van der Waals surface area contributed by atoms with Crippen molar-refractivity contribution >= 4 is 29.0 Å². The summed E-state index contributed by atoms with van der Waals surface area (Å²) in [5, 5.41) is 20.2. The van der Waals surface area contributed by atoms with Crippen molar-refractivity contribution in [3.8, 4) is 0 Å². The molecule has 10 heteroatoms. The van der Waals surface area contributed by atoms with E-state index in [0.29, 0.717) is 11.7 Å². The first kappa shape index (κ1) is 17.7. The number of amides is 1. The molecule has 0 unspecified atom stereocenters. The standard InChI is InChI=1S/C14H17N5O4S/c1-3-6-18-13(21)16-17-14(18)24-8-12(20)15-10-5-4-9(2)7-11(10)19(22)23/h4-5,7H,3,6,8H2,1-2H3,(H,15,20)(H,16,21). The highest BCUT2D eigenvalue weighted by Crippen LogP contribution is 2.25. The average Bonchev–Trinajstić information content (AvgIpc) is 2.88. The molecule has 0 saturated heterocycles. The minimum absolute atomic E-state index is 0.0148. The van der Waals surface area contributed by atoms with Crippen LogP contribution in [0.15, 0.2) is 28.2 Å². The van der Waals surface area contributed by atoms with Crippen LogP contribution in [0.1, 0.15) is 18.9 Å². The molecule has 0 radical (unpaired) electrons. The quantitative estimate of drug-likeness (QED) is 0.446. The molecule has 128 valence electrons. The van der Waals surface area contributed by atoms with E-state index in [1.54, 1.807) is 13.0 Å². The number of benzene rings is 1. The van der Waals surface area contributed by atoms with Gasteiger partial charge in [0.2, 0.25) is 5.91 Å². The van der Waals surface area contributed by atoms with Crippen molar-refractivity contribution in [3.63, 3.8) is 0 Å². The van der Waals surface area contributed by atoms with Crippen molar-refractivity contribution in [2.75, 3.05) is 11.1 Å². The number of aryl methyl sites for hydroxylation is 1. The van der Waals surface area contributed by atoms with Crippen LogP contribution in [-0.4, -0.2) is 31.3 Å². The van der Waals surface area contributed by atoms with Crippen molar-refractivity contribution in [2.45, 2.75) is 32.0 Å². The molecule has 2 aromatic rings. The molecule has 1 aromatic heterocycles. The van der Waals surface area contributed by atoms with Gasteiger partial charge in [0.05, 0.1) is 10.7 Å². The molecule has 0 aliphatic rings. The van der Waals surface area contributed by atoms with Gasteiger partial charge in [0, 0.05) is 12.6 Å². The highest BCUT2D eigenvalue weighted by Gasteiger charge is 2.17. The lowest BCUT2D eigenvalue weighted by atomic mass is 10.2. The summed E-state index contributed by atoms with van der Waals surface area (Å²) in [5.41, 5.74) is 0.392. The molecule has 2 rings (SSSR count). The fourth-order valence-corrected chi connectivity index (χ4v) is 2.82. The van der Waals surface area contributed by atoms with Crippen molar-refractivity contribution in [2.24, 2.45) is 0 Å². The van der Waals surface area contributed by atoms with Crippen LogP contribution in [0.2, 0.25) is 0 Å². The molecule has 0 spiro atoms. The summed E-state index contributed by atoms with van der Waals surface area (Å²) >= 11 is 1.09. The Morgan fingerprint density at radius 3 is 2.92 bits per heavy atom. The number of hydrogen-bond acceptors (Lipinski definition) is 6. The second-order valence-electron chi connectivity index (χ2n) is 5.08. The molecule has 0 fully saturated rings. The van der Waals surface area contributed by atoms with E-state index >= 15 is 0 Å². The van der Waals surface area contributed by atoms with Gasteiger partial charge in [-0.3, -0.25) is 19.5 Å². The predicted octanol–water partition coefficient (Wildman–Crippen LogP) is 1.93. The Morgan fingerprint density at radius 2 is 2.25 bits per heavy atom. The normalized spacial score (nSPS) is 10.6. The Kier molecular flexibility index (Phi) is 5.74. The first-order chi connectivity index (χ1) is 11.4. The van der Waals surface area contributed by atoms with Gasteiger partial charge in [-0.15, -0.1) is 5.10 Å². The molecule has 0 aliphatic carbocycles. The van der Waals surface area contributed by atoms with Gasteiger partial charge in [0.15, 0.2) is 5.16 Å². The monoisotopic (exact) mass is 351 g/mol. The summed E-state index contributed by atoms with van der Waals surface area (Å²) < 4.78 is 1.45. The second-order valence-corrected chi connectivity index (χ2v) is 6.02. The van der Waals surface area contributed by atoms with Gasteiger partial charge in [0.25, 0.3) is 5.69 Å². The average molecular weight is 351 g/mol. The maximum absolute atomic E-state index is 12.0. The van der Waals surface area contributed by atoms with Crippen molar-refractivity contribution in [1.82, 2.24) is 14.8 Å². The number of H-pyrrole nitrogens is 1. The molecule has 1 amide bonds. The fraction of sp³-hybridized carbons (Fsp3) is 0.357. The third kappa shape index (κ3) is 4.22. The number of hydrogen-bond donors (Lipinski definition) is 2. The van der Waals surface area contributed by atoms with E-state index < -0.39 is 10.8 Å². The predicted molar refractivity (Wildman–Crippen MR) is 90.3 cm³/mol. The number of nitrogens with zero attached hydrogens (tertiary/aromatic N) is 3. The number of aromatic nitrogens is 3. The fourth-order valence-electron chi connectivity index (χ4n) is 2.05. The zero-order chi connectivity index (χ0) is 17.7. The van der Waals surface area contributed by atoms with Crippen LogP contribution >= 0.6 is 11.8 Å². The number of thioether (sulfide) groups is 1. The molecule has 2 N–H and O–H groups in total. The van der Waals surface area contributed by atoms with E-state index in [1.165, 1.54) is 16.7 Å². The lowest BCUT2D eigenvalue weighted by Gasteiger charge is -2.07. The van der Waals surface area contributed by atoms with Crippen LogP contribution in [-0.2, 0) is 11.3 Å². The van der Waals surface area contributed by atoms with Gasteiger partial charge in [-0.25, -0.2) is 9.89 Å². The molecule has 0 atom stereocenters. The van der Waals surface area contributed by atoms with Crippen LogP contribution < -0.4 is 11.0 Å². The zero-order valence-corrected chi connectivity index (χ0v) is 14.1. The number of anilines is 1. The summed E-state index contributed by atoms with van der Waals surface area (Å²) in [6, 6.07) is 4.58. The van der Waals surface area contributed by atoms with Crippen molar-refractivity contribution < 1.29 is 9.72 Å². The topological polar surface area (TPSA) is 123 Å². The number of carbonyl (C=O) groups is 1. The Hall–Kier alpha value is -2.62. The highest BCUT2D eigenvalue weighted by molar-refractivity contribution is 7.99. The van der Waals surface area contributed by atoms with Crippen LogP contribution in [0.5, 0.6) is 0 Å². The second kappa shape index (κ2) is 7.77. The molecule has 0 aliphatic heterocycles. The lowest BCUT2D eigenvalue weighted by molar-refractivity contribution is -0.384. The van der Waals surface area contributed by atoms with Crippen LogP contribution in [0, 0.1) is 17.0 Å². The molecule has 0 saturated carbocycles. The van der Waals surface area contributed by atoms with E-state index in [4.69, 9.17) is 0 Å². The van der Waals surface area contributed by atoms with E-state index in [-0.39, 0.29) is 22.8 Å². The van der Waals surface area contributed by atoms with Crippen LogP contribution in [0.4, 0.5) is 11.4 Å². The number of nitrogens with one attached hydrogen (secondary N) is 2. The summed E-state index contributed by atoms with van der Waals surface area (Å²) in [4.78, 5) is 34.1. The van der Waals surface area contributed by atoms with E-state index in [0.717, 1.165) is 23.7 Å². The summed E-state index contributed by atoms with van der Waals surface area (Å²) in [6.07, 6.45) is 0.759. The Balaban J connectivity index is 2.05. The third-order valence-electron chi connectivity index (χ3n) is 3.13. The first-order valence-corrected chi connectivity index (χ1v) is 8.23. The van der Waals surface area contributed by atoms with E-state index in [9.17, 15) is 19.7 Å². The minimum Gasteiger partial charge on any atom is -0.320 e. The van der Waals surface area contributed by atoms with Gasteiger partial charge >= 0.3 is 5.69 Å². The molecule has 0 bridgehead atoms. The SMILES string of the molecule is CCCn1c(SCC(=O)Nc2ccc(C)cc2[N+](=O)[O-])n[nH]c1=O. The number of aromatic amines is 1. The largest absolute Gasteiger partial charge is 0.343 e. The molecule has 24 heavy (non-hydrogen) atoms. The summed E-state index contributed by atoms with van der Waals surface area (Å²) in [7, 11) is 0.